The molecule has 6 nitrogen and oxygen atoms in total. The molecule has 3 rings (SSSR count). The number of fused-ring (bicyclic) bond motifs is 1. The molecule has 2 aromatic carbocycles. The van der Waals surface area contributed by atoms with Crippen molar-refractivity contribution < 1.29 is 28.2 Å². The number of para-hydroxylation sites is 2. The number of amides is 1. The highest BCUT2D eigenvalue weighted by atomic mass is 19.1. The third-order valence-electron chi connectivity index (χ3n) is 3.48. The van der Waals surface area contributed by atoms with E-state index in [1.54, 1.807) is 12.1 Å². The fourth-order valence-electron chi connectivity index (χ4n) is 2.27. The van der Waals surface area contributed by atoms with E-state index < -0.39 is 23.8 Å². The van der Waals surface area contributed by atoms with Crippen LogP contribution in [0.25, 0.3) is 0 Å². The van der Waals surface area contributed by atoms with Crippen molar-refractivity contribution in [1.82, 2.24) is 5.32 Å². The second-order valence-corrected chi connectivity index (χ2v) is 5.37. The Labute approximate surface area is 143 Å². The Hall–Kier alpha value is -3.09. The van der Waals surface area contributed by atoms with Crippen LogP contribution in [0.3, 0.4) is 0 Å². The van der Waals surface area contributed by atoms with E-state index in [9.17, 15) is 14.0 Å². The predicted molar refractivity (Wildman–Crippen MR) is 86.0 cm³/mol. The first kappa shape index (κ1) is 16.8. The molecule has 130 valence electrons. The summed E-state index contributed by atoms with van der Waals surface area (Å²) in [7, 11) is 0. The monoisotopic (exact) mass is 345 g/mol. The number of ether oxygens (including phenoxy) is 3. The van der Waals surface area contributed by atoms with Gasteiger partial charge in [0, 0.05) is 5.56 Å². The highest BCUT2D eigenvalue weighted by Crippen LogP contribution is 2.30. The molecule has 1 N–H and O–H groups in total. The molecule has 1 heterocycles. The lowest BCUT2D eigenvalue weighted by molar-refractivity contribution is -0.145. The summed E-state index contributed by atoms with van der Waals surface area (Å²) < 4.78 is 29.3. The Bertz CT molecular complexity index is 780. The average molecular weight is 345 g/mol. The lowest BCUT2D eigenvalue weighted by atomic mass is 10.2. The molecule has 25 heavy (non-hydrogen) atoms. The zero-order valence-electron chi connectivity index (χ0n) is 13.2. The summed E-state index contributed by atoms with van der Waals surface area (Å²) >= 11 is 0. The number of rotatable bonds is 5. The molecule has 0 fully saturated rings. The number of hydrogen-bond acceptors (Lipinski definition) is 5. The second-order valence-electron chi connectivity index (χ2n) is 5.37. The lowest BCUT2D eigenvalue weighted by Gasteiger charge is -2.26. The van der Waals surface area contributed by atoms with Crippen LogP contribution < -0.4 is 14.8 Å². The van der Waals surface area contributed by atoms with Crippen molar-refractivity contribution in [2.45, 2.75) is 6.10 Å². The molecule has 0 saturated heterocycles. The van der Waals surface area contributed by atoms with Gasteiger partial charge < -0.3 is 19.5 Å². The van der Waals surface area contributed by atoms with Crippen LogP contribution in [0.1, 0.15) is 10.4 Å². The normalized spacial score (nSPS) is 15.3. The molecule has 1 aliphatic heterocycles. The van der Waals surface area contributed by atoms with Crippen molar-refractivity contribution in [2.75, 3.05) is 19.8 Å². The molecule has 0 spiro atoms. The zero-order chi connectivity index (χ0) is 17.6. The van der Waals surface area contributed by atoms with Crippen LogP contribution in [0, 0.1) is 5.82 Å². The van der Waals surface area contributed by atoms with Crippen LogP contribution in [-0.2, 0) is 9.53 Å². The van der Waals surface area contributed by atoms with Crippen molar-refractivity contribution >= 4 is 11.9 Å². The maximum Gasteiger partial charge on any atom is 0.325 e. The summed E-state index contributed by atoms with van der Waals surface area (Å²) in [5.74, 6) is -0.457. The summed E-state index contributed by atoms with van der Waals surface area (Å²) in [5, 5.41) is 2.38. The van der Waals surface area contributed by atoms with Crippen molar-refractivity contribution in [3.05, 3.63) is 59.9 Å². The van der Waals surface area contributed by atoms with Gasteiger partial charge in [-0.3, -0.25) is 9.59 Å². The van der Waals surface area contributed by atoms with Gasteiger partial charge in [0.2, 0.25) is 0 Å². The van der Waals surface area contributed by atoms with E-state index in [1.165, 1.54) is 18.2 Å². The highest BCUT2D eigenvalue weighted by Gasteiger charge is 2.22. The summed E-state index contributed by atoms with van der Waals surface area (Å²) in [5.41, 5.74) is 0.133. The Morgan fingerprint density at radius 2 is 1.96 bits per heavy atom. The molecule has 2 aromatic rings. The van der Waals surface area contributed by atoms with Gasteiger partial charge in [0.25, 0.3) is 5.91 Å². The molecular formula is C18H16FNO5. The Morgan fingerprint density at radius 3 is 2.76 bits per heavy atom. The van der Waals surface area contributed by atoms with Crippen molar-refractivity contribution in [3.63, 3.8) is 0 Å². The van der Waals surface area contributed by atoms with Gasteiger partial charge in [-0.25, -0.2) is 4.39 Å². The molecule has 1 atom stereocenters. The minimum Gasteiger partial charge on any atom is -0.486 e. The Kier molecular flexibility index (Phi) is 5.13. The summed E-state index contributed by atoms with van der Waals surface area (Å²) in [6.45, 7) is -0.0531. The van der Waals surface area contributed by atoms with Gasteiger partial charge in [0.05, 0.1) is 0 Å². The first-order valence-corrected chi connectivity index (χ1v) is 7.69. The van der Waals surface area contributed by atoms with E-state index in [0.717, 1.165) is 6.07 Å². The fourth-order valence-corrected chi connectivity index (χ4v) is 2.27. The van der Waals surface area contributed by atoms with Crippen LogP contribution >= 0.6 is 0 Å². The number of hydrogen-bond donors (Lipinski definition) is 1. The Balaban J connectivity index is 1.42. The molecule has 0 saturated carbocycles. The van der Waals surface area contributed by atoms with Crippen LogP contribution in [0.5, 0.6) is 11.5 Å². The fraction of sp³-hybridized carbons (Fsp3) is 0.222. The number of carbonyl (C=O) groups is 2. The van der Waals surface area contributed by atoms with Crippen molar-refractivity contribution in [1.29, 1.82) is 0 Å². The van der Waals surface area contributed by atoms with Crippen molar-refractivity contribution in [3.8, 4) is 11.5 Å². The van der Waals surface area contributed by atoms with Gasteiger partial charge in [-0.05, 0) is 30.3 Å². The van der Waals surface area contributed by atoms with Crippen molar-refractivity contribution in [2.24, 2.45) is 0 Å². The standard InChI is InChI=1S/C18H16FNO5/c19-13-5-3-4-12(8-13)18(22)20-9-17(21)24-11-14-10-23-15-6-1-2-7-16(15)25-14/h1-8,14H,9-11H2,(H,20,22). The molecule has 0 aliphatic carbocycles. The van der Waals surface area contributed by atoms with E-state index >= 15 is 0 Å². The van der Waals surface area contributed by atoms with Gasteiger partial charge in [0.15, 0.2) is 17.6 Å². The SMILES string of the molecule is O=C(CNC(=O)c1cccc(F)c1)OCC1COc2ccccc2O1. The number of benzene rings is 2. The predicted octanol–water partition coefficient (Wildman–Crippen LogP) is 1.94. The molecule has 0 bridgehead atoms. The summed E-state index contributed by atoms with van der Waals surface area (Å²) in [6, 6.07) is 12.4. The number of nitrogens with one attached hydrogen (secondary N) is 1. The zero-order valence-corrected chi connectivity index (χ0v) is 13.2. The topological polar surface area (TPSA) is 73.9 Å². The molecule has 0 aromatic heterocycles. The van der Waals surface area contributed by atoms with Crippen LogP contribution in [0.2, 0.25) is 0 Å². The lowest BCUT2D eigenvalue weighted by Crippen LogP contribution is -2.36. The number of halogens is 1. The Morgan fingerprint density at radius 1 is 1.16 bits per heavy atom. The van der Waals surface area contributed by atoms with Gasteiger partial charge in [-0.2, -0.15) is 0 Å². The van der Waals surface area contributed by atoms with E-state index in [-0.39, 0.29) is 25.3 Å². The molecule has 0 radical (unpaired) electrons. The summed E-state index contributed by atoms with van der Waals surface area (Å²) in [4.78, 5) is 23.5. The molecular weight excluding hydrogens is 329 g/mol. The van der Waals surface area contributed by atoms with Gasteiger partial charge >= 0.3 is 5.97 Å². The average Bonchev–Trinajstić information content (AvgIpc) is 2.64. The van der Waals surface area contributed by atoms with Gasteiger partial charge in [-0.15, -0.1) is 0 Å². The van der Waals surface area contributed by atoms with Crippen LogP contribution in [0.4, 0.5) is 4.39 Å². The number of esters is 1. The van der Waals surface area contributed by atoms with Crippen LogP contribution in [-0.4, -0.2) is 37.7 Å². The molecule has 1 aliphatic rings. The molecule has 1 amide bonds. The largest absolute Gasteiger partial charge is 0.486 e. The molecule has 7 heteroatoms. The van der Waals surface area contributed by atoms with E-state index in [2.05, 4.69) is 5.32 Å². The van der Waals surface area contributed by atoms with Gasteiger partial charge in [0.1, 0.15) is 25.6 Å². The summed E-state index contributed by atoms with van der Waals surface area (Å²) in [6.07, 6.45) is -0.419. The van der Waals surface area contributed by atoms with Gasteiger partial charge in [-0.1, -0.05) is 18.2 Å². The minimum atomic E-state index is -0.618. The first-order valence-electron chi connectivity index (χ1n) is 7.69. The van der Waals surface area contributed by atoms with E-state index in [4.69, 9.17) is 14.2 Å². The maximum absolute atomic E-state index is 13.1. The minimum absolute atomic E-state index is 0.00298. The first-order chi connectivity index (χ1) is 12.1. The van der Waals surface area contributed by atoms with Crippen LogP contribution in [0.15, 0.2) is 48.5 Å². The smallest absolute Gasteiger partial charge is 0.325 e. The number of carbonyl (C=O) groups excluding carboxylic acids is 2. The molecule has 1 unspecified atom stereocenters. The quantitative estimate of drug-likeness (QED) is 0.839. The maximum atomic E-state index is 13.1. The second kappa shape index (κ2) is 7.65. The highest BCUT2D eigenvalue weighted by molar-refractivity contribution is 5.95. The third-order valence-corrected chi connectivity index (χ3v) is 3.48. The van der Waals surface area contributed by atoms with E-state index in [0.29, 0.717) is 11.5 Å². The third kappa shape index (κ3) is 4.47. The van der Waals surface area contributed by atoms with E-state index in [1.807, 2.05) is 12.1 Å².